The minimum absolute atomic E-state index is 0. The molecule has 3 heteroatoms. The zero-order chi connectivity index (χ0) is 13.5. The Hall–Kier alpha value is -1.12. The van der Waals surface area contributed by atoms with Crippen LogP contribution in [-0.4, -0.2) is 30.3 Å². The van der Waals surface area contributed by atoms with Gasteiger partial charge in [-0.25, -0.2) is 0 Å². The lowest BCUT2D eigenvalue weighted by molar-refractivity contribution is 0.104. The molecule has 0 radical (unpaired) electrons. The summed E-state index contributed by atoms with van der Waals surface area (Å²) in [4.78, 5) is 14.3. The first-order valence-electron chi connectivity index (χ1n) is 7.23. The smallest absolute Gasteiger partial charge is 0.185 e. The number of hydrogen-bond donors (Lipinski definition) is 0. The third kappa shape index (κ3) is 5.10. The molecule has 0 aliphatic heterocycles. The summed E-state index contributed by atoms with van der Waals surface area (Å²) < 4.78 is 0. The normalized spacial score (nSPS) is 16.3. The maximum Gasteiger partial charge on any atom is 0.185 e. The van der Waals surface area contributed by atoms with E-state index in [1.165, 1.54) is 32.1 Å². The zero-order valence-corrected chi connectivity index (χ0v) is 12.9. The van der Waals surface area contributed by atoms with Crippen molar-refractivity contribution in [1.82, 2.24) is 4.90 Å². The van der Waals surface area contributed by atoms with Crippen molar-refractivity contribution in [3.05, 3.63) is 48.0 Å². The van der Waals surface area contributed by atoms with Crippen molar-refractivity contribution in [3.8, 4) is 0 Å². The Morgan fingerprint density at radius 3 is 2.50 bits per heavy atom. The van der Waals surface area contributed by atoms with Crippen molar-refractivity contribution in [3.63, 3.8) is 0 Å². The number of ketones is 1. The summed E-state index contributed by atoms with van der Waals surface area (Å²) in [6, 6.07) is 10.1. The molecule has 0 bridgehead atoms. The second kappa shape index (κ2) is 8.93. The fraction of sp³-hybridized carbons (Fsp3) is 0.471. The van der Waals surface area contributed by atoms with Gasteiger partial charge in [0.2, 0.25) is 0 Å². The van der Waals surface area contributed by atoms with Gasteiger partial charge >= 0.3 is 0 Å². The van der Waals surface area contributed by atoms with Gasteiger partial charge in [-0.15, -0.1) is 12.4 Å². The van der Waals surface area contributed by atoms with Gasteiger partial charge in [0.25, 0.3) is 0 Å². The van der Waals surface area contributed by atoms with E-state index in [-0.39, 0.29) is 18.2 Å². The number of hydrogen-bond acceptors (Lipinski definition) is 2. The molecule has 0 unspecified atom stereocenters. The molecule has 1 aromatic rings. The Morgan fingerprint density at radius 1 is 1.20 bits per heavy atom. The Morgan fingerprint density at radius 2 is 1.85 bits per heavy atom. The molecular formula is C17H24ClNO. The van der Waals surface area contributed by atoms with E-state index in [1.54, 1.807) is 6.08 Å². The summed E-state index contributed by atoms with van der Waals surface area (Å²) in [5.74, 6) is 0.0950. The molecule has 1 saturated carbocycles. The van der Waals surface area contributed by atoms with Gasteiger partial charge in [0, 0.05) is 18.2 Å². The molecule has 110 valence electrons. The fourth-order valence-corrected chi connectivity index (χ4v) is 2.70. The lowest BCUT2D eigenvalue weighted by Crippen LogP contribution is -2.33. The van der Waals surface area contributed by atoms with Crippen LogP contribution in [0.5, 0.6) is 0 Å². The predicted octanol–water partition coefficient (Wildman–Crippen LogP) is 4.11. The Labute approximate surface area is 128 Å². The number of carbonyl (C=O) groups excluding carboxylic acids is 1. The van der Waals surface area contributed by atoms with Gasteiger partial charge < -0.3 is 0 Å². The summed E-state index contributed by atoms with van der Waals surface area (Å²) in [5, 5.41) is 0. The number of allylic oxidation sites excluding steroid dienone is 1. The minimum atomic E-state index is 0. The lowest BCUT2D eigenvalue weighted by atomic mass is 9.94. The molecule has 1 aromatic carbocycles. The fourth-order valence-electron chi connectivity index (χ4n) is 2.70. The van der Waals surface area contributed by atoms with Gasteiger partial charge in [0.15, 0.2) is 5.78 Å². The van der Waals surface area contributed by atoms with Crippen LogP contribution in [0, 0.1) is 0 Å². The van der Waals surface area contributed by atoms with Crippen LogP contribution in [0.25, 0.3) is 0 Å². The van der Waals surface area contributed by atoms with Crippen molar-refractivity contribution >= 4 is 18.2 Å². The molecule has 0 heterocycles. The quantitative estimate of drug-likeness (QED) is 0.601. The van der Waals surface area contributed by atoms with Crippen molar-refractivity contribution in [2.45, 2.75) is 38.1 Å². The van der Waals surface area contributed by atoms with Crippen molar-refractivity contribution in [2.24, 2.45) is 0 Å². The second-order valence-electron chi connectivity index (χ2n) is 5.36. The van der Waals surface area contributed by atoms with Gasteiger partial charge in [-0.3, -0.25) is 9.69 Å². The molecule has 0 aromatic heterocycles. The van der Waals surface area contributed by atoms with Gasteiger partial charge in [0.1, 0.15) is 0 Å². The van der Waals surface area contributed by atoms with Gasteiger partial charge in [-0.05, 0) is 26.0 Å². The SMILES string of the molecule is CN(C/C=C/C(=O)c1ccccc1)C1CCCCC1.Cl. The highest BCUT2D eigenvalue weighted by atomic mass is 35.5. The number of likely N-dealkylation sites (N-methyl/N-ethyl adjacent to an activating group) is 1. The van der Waals surface area contributed by atoms with E-state index >= 15 is 0 Å². The van der Waals surface area contributed by atoms with Crippen molar-refractivity contribution < 1.29 is 4.79 Å². The summed E-state index contributed by atoms with van der Waals surface area (Å²) >= 11 is 0. The van der Waals surface area contributed by atoms with E-state index in [4.69, 9.17) is 0 Å². The predicted molar refractivity (Wildman–Crippen MR) is 86.7 cm³/mol. The number of rotatable bonds is 5. The molecule has 0 spiro atoms. The highest BCUT2D eigenvalue weighted by molar-refractivity contribution is 6.04. The van der Waals surface area contributed by atoms with Crippen LogP contribution in [-0.2, 0) is 0 Å². The molecule has 0 atom stereocenters. The van der Waals surface area contributed by atoms with Crippen LogP contribution in [0.2, 0.25) is 0 Å². The largest absolute Gasteiger partial charge is 0.300 e. The first kappa shape index (κ1) is 16.9. The molecule has 1 fully saturated rings. The molecule has 2 rings (SSSR count). The van der Waals surface area contributed by atoms with Gasteiger partial charge in [-0.1, -0.05) is 55.7 Å². The summed E-state index contributed by atoms with van der Waals surface area (Å²) in [6.45, 7) is 0.864. The average molecular weight is 294 g/mol. The molecule has 2 nitrogen and oxygen atoms in total. The first-order valence-corrected chi connectivity index (χ1v) is 7.23. The molecule has 1 aliphatic carbocycles. The van der Waals surface area contributed by atoms with Crippen LogP contribution >= 0.6 is 12.4 Å². The van der Waals surface area contributed by atoms with E-state index in [2.05, 4.69) is 11.9 Å². The minimum Gasteiger partial charge on any atom is -0.300 e. The van der Waals surface area contributed by atoms with E-state index in [0.29, 0.717) is 6.04 Å². The average Bonchev–Trinajstić information content (AvgIpc) is 2.49. The van der Waals surface area contributed by atoms with Crippen LogP contribution in [0.1, 0.15) is 42.5 Å². The summed E-state index contributed by atoms with van der Waals surface area (Å²) in [5.41, 5.74) is 0.763. The topological polar surface area (TPSA) is 20.3 Å². The molecule has 0 amide bonds. The highest BCUT2D eigenvalue weighted by Gasteiger charge is 2.16. The second-order valence-corrected chi connectivity index (χ2v) is 5.36. The monoisotopic (exact) mass is 293 g/mol. The van der Waals surface area contributed by atoms with Crippen LogP contribution in [0.4, 0.5) is 0 Å². The van der Waals surface area contributed by atoms with Gasteiger partial charge in [-0.2, -0.15) is 0 Å². The number of carbonyl (C=O) groups is 1. The Balaban J connectivity index is 0.00000200. The third-order valence-corrected chi connectivity index (χ3v) is 3.92. The molecule has 0 N–H and O–H groups in total. The highest BCUT2D eigenvalue weighted by Crippen LogP contribution is 2.21. The maximum atomic E-state index is 11.9. The number of benzene rings is 1. The molecular weight excluding hydrogens is 270 g/mol. The Bertz CT molecular complexity index is 424. The summed E-state index contributed by atoms with van der Waals surface area (Å²) in [6.07, 6.45) is 10.4. The lowest BCUT2D eigenvalue weighted by Gasteiger charge is -2.30. The number of nitrogens with zero attached hydrogens (tertiary/aromatic N) is 1. The van der Waals surface area contributed by atoms with E-state index in [1.807, 2.05) is 36.4 Å². The van der Waals surface area contributed by atoms with Crippen LogP contribution < -0.4 is 0 Å². The molecule has 0 saturated heterocycles. The van der Waals surface area contributed by atoms with E-state index in [0.717, 1.165) is 12.1 Å². The third-order valence-electron chi connectivity index (χ3n) is 3.92. The van der Waals surface area contributed by atoms with Crippen molar-refractivity contribution in [1.29, 1.82) is 0 Å². The van der Waals surface area contributed by atoms with Crippen LogP contribution in [0.15, 0.2) is 42.5 Å². The standard InChI is InChI=1S/C17H23NO.ClH/c1-18(16-11-6-3-7-12-16)14-8-13-17(19)15-9-4-2-5-10-15;/h2,4-5,8-10,13,16H,3,6-7,11-12,14H2,1H3;1H/b13-8+;. The van der Waals surface area contributed by atoms with Crippen molar-refractivity contribution in [2.75, 3.05) is 13.6 Å². The maximum absolute atomic E-state index is 11.9. The zero-order valence-electron chi connectivity index (χ0n) is 12.1. The Kier molecular flexibility index (Phi) is 7.56. The molecule has 20 heavy (non-hydrogen) atoms. The number of halogens is 1. The van der Waals surface area contributed by atoms with E-state index in [9.17, 15) is 4.79 Å². The first-order chi connectivity index (χ1) is 9.27. The van der Waals surface area contributed by atoms with Crippen LogP contribution in [0.3, 0.4) is 0 Å². The summed E-state index contributed by atoms with van der Waals surface area (Å²) in [7, 11) is 2.16. The van der Waals surface area contributed by atoms with E-state index < -0.39 is 0 Å². The molecule has 1 aliphatic rings. The van der Waals surface area contributed by atoms with Gasteiger partial charge in [0.05, 0.1) is 0 Å².